The third-order valence-corrected chi connectivity index (χ3v) is 6.21. The third-order valence-electron chi connectivity index (χ3n) is 5.11. The van der Waals surface area contributed by atoms with Crippen molar-refractivity contribution in [1.82, 2.24) is 14.5 Å². The zero-order valence-electron chi connectivity index (χ0n) is 20.0. The summed E-state index contributed by atoms with van der Waals surface area (Å²) in [5, 5.41) is 23.2. The number of halogens is 4. The lowest BCUT2D eigenvalue weighted by atomic mass is 10.1. The summed E-state index contributed by atoms with van der Waals surface area (Å²) < 4.78 is 53.5. The van der Waals surface area contributed by atoms with Gasteiger partial charge in [0.25, 0.3) is 0 Å². The molecule has 0 aliphatic rings. The fraction of sp³-hybridized carbons (Fsp3) is 0.250. The minimum Gasteiger partial charge on any atom is -0.486 e. The van der Waals surface area contributed by atoms with Gasteiger partial charge in [0.1, 0.15) is 35.1 Å². The molecule has 0 aliphatic heterocycles. The number of imidazole rings is 1. The molecule has 0 saturated carbocycles. The van der Waals surface area contributed by atoms with E-state index in [9.17, 15) is 28.4 Å². The lowest BCUT2D eigenvalue weighted by molar-refractivity contribution is -0.389. The van der Waals surface area contributed by atoms with Crippen LogP contribution in [0, 0.1) is 10.1 Å². The van der Waals surface area contributed by atoms with Crippen molar-refractivity contribution >= 4 is 28.8 Å². The summed E-state index contributed by atoms with van der Waals surface area (Å²) in [5.41, 5.74) is 1.45. The van der Waals surface area contributed by atoms with Gasteiger partial charge in [0, 0.05) is 17.4 Å². The normalized spacial score (nSPS) is 13.1. The zero-order chi connectivity index (χ0) is 28.2. The molecule has 0 fully saturated rings. The quantitative estimate of drug-likeness (QED) is 0.159. The van der Waals surface area contributed by atoms with E-state index in [-0.39, 0.29) is 24.1 Å². The SMILES string of the molecule is CC(O)CC(Oc1ccc(-c2csc(COc3ccc(OC(F)(F)F)cc3)n2)cc1)n1cc([N+](=O)[O-])nc1Cl. The van der Waals surface area contributed by atoms with Crippen molar-refractivity contribution in [2.45, 2.75) is 38.6 Å². The second-order valence-corrected chi connectivity index (χ2v) is 9.43. The molecule has 0 aliphatic carbocycles. The van der Waals surface area contributed by atoms with Crippen LogP contribution in [-0.4, -0.2) is 37.0 Å². The summed E-state index contributed by atoms with van der Waals surface area (Å²) in [4.78, 5) is 18.6. The molecular weight excluding hydrogens is 565 g/mol. The number of ether oxygens (including phenoxy) is 3. The Hall–Kier alpha value is -3.88. The first-order chi connectivity index (χ1) is 18.5. The van der Waals surface area contributed by atoms with Crippen molar-refractivity contribution in [2.24, 2.45) is 0 Å². The predicted molar refractivity (Wildman–Crippen MR) is 135 cm³/mol. The summed E-state index contributed by atoms with van der Waals surface area (Å²) in [6.45, 7) is 1.67. The predicted octanol–water partition coefficient (Wildman–Crippen LogP) is 6.39. The molecule has 0 radical (unpaired) electrons. The third kappa shape index (κ3) is 7.81. The molecule has 0 bridgehead atoms. The van der Waals surface area contributed by atoms with Gasteiger partial charge >= 0.3 is 17.5 Å². The molecule has 0 spiro atoms. The van der Waals surface area contributed by atoms with Crippen LogP contribution >= 0.6 is 22.9 Å². The first-order valence-corrected chi connectivity index (χ1v) is 12.5. The topological polar surface area (TPSA) is 122 Å². The Labute approximate surface area is 228 Å². The van der Waals surface area contributed by atoms with E-state index in [2.05, 4.69) is 14.7 Å². The summed E-state index contributed by atoms with van der Waals surface area (Å²) in [6, 6.07) is 12.0. The van der Waals surface area contributed by atoms with Gasteiger partial charge in [0.2, 0.25) is 0 Å². The highest BCUT2D eigenvalue weighted by atomic mass is 35.5. The maximum atomic E-state index is 12.3. The van der Waals surface area contributed by atoms with Crippen molar-refractivity contribution in [3.8, 4) is 28.5 Å². The number of aromatic nitrogens is 3. The van der Waals surface area contributed by atoms with Gasteiger partial charge in [-0.2, -0.15) is 0 Å². The maximum Gasteiger partial charge on any atom is 0.573 e. The molecule has 4 rings (SSSR count). The minimum atomic E-state index is -4.76. The van der Waals surface area contributed by atoms with Crippen LogP contribution in [-0.2, 0) is 6.61 Å². The Morgan fingerprint density at radius 2 is 1.74 bits per heavy atom. The maximum absolute atomic E-state index is 12.3. The number of benzene rings is 2. The van der Waals surface area contributed by atoms with Crippen molar-refractivity contribution in [3.63, 3.8) is 0 Å². The number of alkyl halides is 3. The van der Waals surface area contributed by atoms with E-state index in [1.807, 2.05) is 5.38 Å². The molecule has 1 N–H and O–H groups in total. The van der Waals surface area contributed by atoms with Crippen LogP contribution in [0.4, 0.5) is 19.0 Å². The minimum absolute atomic E-state index is 0.0997. The van der Waals surface area contributed by atoms with Crippen LogP contribution in [0.5, 0.6) is 17.2 Å². The number of thiazole rings is 1. The number of hydrogen-bond acceptors (Lipinski definition) is 9. The number of hydrogen-bond donors (Lipinski definition) is 1. The monoisotopic (exact) mass is 584 g/mol. The fourth-order valence-corrected chi connectivity index (χ4v) is 4.37. The van der Waals surface area contributed by atoms with Crippen LogP contribution in [0.25, 0.3) is 11.3 Å². The largest absolute Gasteiger partial charge is 0.573 e. The molecule has 0 saturated heterocycles. The smallest absolute Gasteiger partial charge is 0.486 e. The molecule has 4 aromatic rings. The molecule has 2 heterocycles. The Morgan fingerprint density at radius 1 is 1.10 bits per heavy atom. The Kier molecular flexibility index (Phi) is 8.57. The average Bonchev–Trinajstić information content (AvgIpc) is 3.49. The number of aliphatic hydroxyl groups excluding tert-OH is 1. The van der Waals surface area contributed by atoms with Gasteiger partial charge < -0.3 is 29.4 Å². The molecule has 206 valence electrons. The van der Waals surface area contributed by atoms with Crippen LogP contribution in [0.1, 0.15) is 24.6 Å². The molecule has 2 aromatic heterocycles. The van der Waals surface area contributed by atoms with Crippen molar-refractivity contribution < 1.29 is 37.4 Å². The molecule has 15 heteroatoms. The van der Waals surface area contributed by atoms with Crippen molar-refractivity contribution in [2.75, 3.05) is 0 Å². The van der Waals surface area contributed by atoms with E-state index in [0.717, 1.165) is 23.9 Å². The standard InChI is InChI=1S/C24H20ClF3N4O6S/c1-14(33)10-22(31-11-20(32(34)35)30-23(31)25)37-17-4-2-15(3-5-17)19-13-39-21(29-19)12-36-16-6-8-18(9-7-16)38-24(26,27)28/h2-9,11,13-14,22,33H,10,12H2,1H3. The molecule has 2 atom stereocenters. The second-order valence-electron chi connectivity index (χ2n) is 8.15. The summed E-state index contributed by atoms with van der Waals surface area (Å²) in [6.07, 6.45) is -5.15. The number of aliphatic hydroxyl groups is 1. The molecule has 39 heavy (non-hydrogen) atoms. The fourth-order valence-electron chi connectivity index (χ4n) is 3.41. The summed E-state index contributed by atoms with van der Waals surface area (Å²) >= 11 is 7.41. The van der Waals surface area contributed by atoms with Gasteiger partial charge in [-0.1, -0.05) is 0 Å². The first kappa shape index (κ1) is 28.1. The molecule has 2 unspecified atom stereocenters. The van der Waals surface area contributed by atoms with E-state index < -0.39 is 29.4 Å². The molecular formula is C24H20ClF3N4O6S. The summed E-state index contributed by atoms with van der Waals surface area (Å²) in [5.74, 6) is 0.00203. The Morgan fingerprint density at radius 3 is 2.33 bits per heavy atom. The van der Waals surface area contributed by atoms with E-state index in [1.54, 1.807) is 31.2 Å². The number of nitro groups is 1. The van der Waals surface area contributed by atoms with Crippen molar-refractivity contribution in [1.29, 1.82) is 0 Å². The van der Waals surface area contributed by atoms with E-state index in [4.69, 9.17) is 21.1 Å². The van der Waals surface area contributed by atoms with Gasteiger partial charge in [0.05, 0.1) is 11.8 Å². The highest BCUT2D eigenvalue weighted by molar-refractivity contribution is 7.09. The number of rotatable bonds is 11. The average molecular weight is 585 g/mol. The lowest BCUT2D eigenvalue weighted by Crippen LogP contribution is -2.20. The van der Waals surface area contributed by atoms with Gasteiger partial charge in [-0.3, -0.25) is 4.57 Å². The van der Waals surface area contributed by atoms with Crippen LogP contribution in [0.2, 0.25) is 5.28 Å². The first-order valence-electron chi connectivity index (χ1n) is 11.2. The van der Waals surface area contributed by atoms with Crippen LogP contribution in [0.3, 0.4) is 0 Å². The molecule has 10 nitrogen and oxygen atoms in total. The van der Waals surface area contributed by atoms with Crippen LogP contribution in [0.15, 0.2) is 60.1 Å². The number of nitrogens with zero attached hydrogens (tertiary/aromatic N) is 4. The van der Waals surface area contributed by atoms with Gasteiger partial charge in [-0.15, -0.1) is 24.5 Å². The van der Waals surface area contributed by atoms with E-state index >= 15 is 0 Å². The van der Waals surface area contributed by atoms with Gasteiger partial charge in [0.15, 0.2) is 6.23 Å². The summed E-state index contributed by atoms with van der Waals surface area (Å²) in [7, 11) is 0. The Bertz CT molecular complexity index is 1410. The Balaban J connectivity index is 1.39. The highest BCUT2D eigenvalue weighted by Gasteiger charge is 2.31. The zero-order valence-corrected chi connectivity index (χ0v) is 21.6. The van der Waals surface area contributed by atoms with E-state index in [1.165, 1.54) is 28.0 Å². The highest BCUT2D eigenvalue weighted by Crippen LogP contribution is 2.30. The van der Waals surface area contributed by atoms with Crippen molar-refractivity contribution in [3.05, 3.63) is 80.5 Å². The van der Waals surface area contributed by atoms with Gasteiger partial charge in [-0.05, 0) is 77.0 Å². The molecule has 2 aromatic carbocycles. The lowest BCUT2D eigenvalue weighted by Gasteiger charge is -2.21. The van der Waals surface area contributed by atoms with Gasteiger partial charge in [-0.25, -0.2) is 4.98 Å². The van der Waals surface area contributed by atoms with E-state index in [0.29, 0.717) is 22.2 Å². The van der Waals surface area contributed by atoms with Crippen LogP contribution < -0.4 is 14.2 Å². The molecule has 0 amide bonds. The second kappa shape index (κ2) is 11.9.